The fourth-order valence-electron chi connectivity index (χ4n) is 2.51. The van der Waals surface area contributed by atoms with Crippen LogP contribution < -0.4 is 0 Å². The number of piperidine rings is 1. The third-order valence-corrected chi connectivity index (χ3v) is 4.97. The van der Waals surface area contributed by atoms with E-state index in [0.717, 1.165) is 23.4 Å². The highest BCUT2D eigenvalue weighted by molar-refractivity contribution is 7.73. The zero-order valence-corrected chi connectivity index (χ0v) is 13.9. The predicted molar refractivity (Wildman–Crippen MR) is 83.9 cm³/mol. The molecule has 1 unspecified atom stereocenters. The van der Waals surface area contributed by atoms with E-state index in [4.69, 9.17) is 17.0 Å². The van der Waals surface area contributed by atoms with Crippen LogP contribution in [0.15, 0.2) is 0 Å². The number of aryl methyl sites for hydroxylation is 1. The lowest BCUT2D eigenvalue weighted by Gasteiger charge is -2.31. The fourth-order valence-corrected chi connectivity index (χ4v) is 3.79. The predicted octanol–water partition coefficient (Wildman–Crippen LogP) is 2.46. The molecule has 0 radical (unpaired) electrons. The van der Waals surface area contributed by atoms with Crippen molar-refractivity contribution >= 4 is 35.4 Å². The minimum Gasteiger partial charge on any atom is -0.466 e. The van der Waals surface area contributed by atoms with Crippen LogP contribution in [0.3, 0.4) is 0 Å². The molecule has 1 aliphatic heterocycles. The lowest BCUT2D eigenvalue weighted by atomic mass is 9.98. The van der Waals surface area contributed by atoms with Gasteiger partial charge in [-0.1, -0.05) is 0 Å². The lowest BCUT2D eigenvalue weighted by molar-refractivity contribution is -0.151. The number of H-pyrrole nitrogens is 1. The van der Waals surface area contributed by atoms with Crippen molar-refractivity contribution in [3.63, 3.8) is 0 Å². The maximum atomic E-state index is 12.4. The number of hydrogen-bond donors (Lipinski definition) is 1. The number of amides is 1. The molecule has 1 amide bonds. The number of rotatable bonds is 4. The van der Waals surface area contributed by atoms with E-state index in [1.54, 1.807) is 11.8 Å². The Kier molecular flexibility index (Phi) is 5.52. The summed E-state index contributed by atoms with van der Waals surface area (Å²) in [5.41, 5.74) is 0.956. The van der Waals surface area contributed by atoms with E-state index in [1.807, 2.05) is 6.92 Å². The van der Waals surface area contributed by atoms with Crippen LogP contribution in [-0.2, 0) is 20.7 Å². The van der Waals surface area contributed by atoms with Crippen LogP contribution in [0.25, 0.3) is 0 Å². The van der Waals surface area contributed by atoms with E-state index in [-0.39, 0.29) is 17.8 Å². The Balaban J connectivity index is 1.97. The summed E-state index contributed by atoms with van der Waals surface area (Å²) in [5.74, 6) is -0.325. The van der Waals surface area contributed by atoms with Gasteiger partial charge in [0.05, 0.1) is 18.9 Å². The number of carbonyl (C=O) groups is 2. The Morgan fingerprint density at radius 1 is 1.52 bits per heavy atom. The Labute approximate surface area is 133 Å². The number of hydrogen-bond acceptors (Lipinski definition) is 5. The summed E-state index contributed by atoms with van der Waals surface area (Å²) in [4.78, 5) is 30.0. The molecule has 7 heteroatoms. The summed E-state index contributed by atoms with van der Waals surface area (Å²) in [6, 6.07) is 0. The average molecular weight is 328 g/mol. The van der Waals surface area contributed by atoms with Gasteiger partial charge in [-0.2, -0.15) is 0 Å². The van der Waals surface area contributed by atoms with Crippen molar-refractivity contribution in [2.24, 2.45) is 5.92 Å². The topological polar surface area (TPSA) is 62.4 Å². The fraction of sp³-hybridized carbons (Fsp3) is 0.643. The van der Waals surface area contributed by atoms with Gasteiger partial charge in [0.1, 0.15) is 0 Å². The van der Waals surface area contributed by atoms with Crippen molar-refractivity contribution in [1.82, 2.24) is 9.88 Å². The Bertz CT molecular complexity index is 579. The number of nitrogens with zero attached hydrogens (tertiary/aromatic N) is 1. The molecule has 21 heavy (non-hydrogen) atoms. The highest BCUT2D eigenvalue weighted by Gasteiger charge is 2.29. The van der Waals surface area contributed by atoms with Crippen molar-refractivity contribution in [1.29, 1.82) is 0 Å². The van der Waals surface area contributed by atoms with Crippen LogP contribution in [-0.4, -0.2) is 41.5 Å². The minimum atomic E-state index is -0.191. The molecule has 0 aliphatic carbocycles. The molecule has 2 heterocycles. The van der Waals surface area contributed by atoms with Crippen molar-refractivity contribution < 1.29 is 14.3 Å². The maximum absolute atomic E-state index is 12.4. The van der Waals surface area contributed by atoms with Gasteiger partial charge < -0.3 is 14.6 Å². The number of ether oxygens (including phenoxy) is 1. The van der Waals surface area contributed by atoms with Crippen LogP contribution in [0.5, 0.6) is 0 Å². The molecule has 0 aromatic carbocycles. The van der Waals surface area contributed by atoms with Crippen LogP contribution >= 0.6 is 23.6 Å². The minimum absolute atomic E-state index is 0.0531. The number of nitrogens with one attached hydrogen (secondary N) is 1. The second kappa shape index (κ2) is 7.17. The van der Waals surface area contributed by atoms with Gasteiger partial charge in [0.25, 0.3) is 0 Å². The van der Waals surface area contributed by atoms with E-state index in [2.05, 4.69) is 4.98 Å². The summed E-state index contributed by atoms with van der Waals surface area (Å²) in [6.07, 6.45) is 1.99. The van der Waals surface area contributed by atoms with Crippen LogP contribution in [0.4, 0.5) is 0 Å². The van der Waals surface area contributed by atoms with Crippen LogP contribution in [0, 0.1) is 16.8 Å². The maximum Gasteiger partial charge on any atom is 0.310 e. The first kappa shape index (κ1) is 16.2. The molecular formula is C14H20N2O3S2. The summed E-state index contributed by atoms with van der Waals surface area (Å²) in [6.45, 7) is 5.28. The quantitative estimate of drug-likeness (QED) is 0.681. The molecule has 116 valence electrons. The Hall–Kier alpha value is -1.21. The number of esters is 1. The standard InChI is InChI=1S/C14H20N2O3S2/c1-3-19-13(18)10-5-4-6-16(8-10)12(17)7-11-9(2)15-14(20)21-11/h10H,3-8H2,1-2H3,(H,15,20). The average Bonchev–Trinajstić information content (AvgIpc) is 2.77. The molecule has 0 spiro atoms. The number of likely N-dealkylation sites (tertiary alicyclic amines) is 1. The molecule has 2 rings (SSSR count). The second-order valence-electron chi connectivity index (χ2n) is 5.17. The van der Waals surface area contributed by atoms with Gasteiger partial charge in [0.2, 0.25) is 5.91 Å². The molecule has 1 aromatic rings. The zero-order chi connectivity index (χ0) is 15.4. The van der Waals surface area contributed by atoms with E-state index in [1.165, 1.54) is 11.3 Å². The van der Waals surface area contributed by atoms with Crippen molar-refractivity contribution in [2.75, 3.05) is 19.7 Å². The highest BCUT2D eigenvalue weighted by Crippen LogP contribution is 2.21. The van der Waals surface area contributed by atoms with E-state index in [9.17, 15) is 9.59 Å². The van der Waals surface area contributed by atoms with Gasteiger partial charge in [-0.25, -0.2) is 0 Å². The molecule has 0 saturated carbocycles. The first-order chi connectivity index (χ1) is 10.0. The summed E-state index contributed by atoms with van der Waals surface area (Å²) >= 11 is 6.53. The second-order valence-corrected chi connectivity index (χ2v) is 6.94. The van der Waals surface area contributed by atoms with Gasteiger partial charge >= 0.3 is 5.97 Å². The smallest absolute Gasteiger partial charge is 0.310 e. The first-order valence-corrected chi connectivity index (χ1v) is 8.36. The van der Waals surface area contributed by atoms with E-state index in [0.29, 0.717) is 30.1 Å². The molecule has 0 bridgehead atoms. The molecule has 1 atom stereocenters. The third kappa shape index (κ3) is 4.14. The summed E-state index contributed by atoms with van der Waals surface area (Å²) < 4.78 is 5.75. The first-order valence-electron chi connectivity index (χ1n) is 7.14. The Morgan fingerprint density at radius 3 is 2.90 bits per heavy atom. The van der Waals surface area contributed by atoms with Gasteiger partial charge in [0.15, 0.2) is 3.95 Å². The number of aromatic amines is 1. The largest absolute Gasteiger partial charge is 0.466 e. The summed E-state index contributed by atoms with van der Waals surface area (Å²) in [7, 11) is 0. The Morgan fingerprint density at radius 2 is 2.29 bits per heavy atom. The molecule has 1 aromatic heterocycles. The highest BCUT2D eigenvalue weighted by atomic mass is 32.1. The third-order valence-electron chi connectivity index (χ3n) is 3.63. The monoisotopic (exact) mass is 328 g/mol. The van der Waals surface area contributed by atoms with Crippen molar-refractivity contribution in [3.8, 4) is 0 Å². The van der Waals surface area contributed by atoms with Gasteiger partial charge in [-0.15, -0.1) is 11.3 Å². The number of thiazole rings is 1. The molecule has 5 nitrogen and oxygen atoms in total. The number of aromatic nitrogens is 1. The van der Waals surface area contributed by atoms with E-state index < -0.39 is 0 Å². The zero-order valence-electron chi connectivity index (χ0n) is 12.3. The van der Waals surface area contributed by atoms with Gasteiger partial charge in [-0.05, 0) is 38.9 Å². The van der Waals surface area contributed by atoms with E-state index >= 15 is 0 Å². The molecule has 1 fully saturated rings. The van der Waals surface area contributed by atoms with Gasteiger partial charge in [0, 0.05) is 23.7 Å². The SMILES string of the molecule is CCOC(=O)C1CCCN(C(=O)Cc2sc(=S)[nH]c2C)C1. The van der Waals surface area contributed by atoms with Crippen molar-refractivity contribution in [2.45, 2.75) is 33.1 Å². The molecule has 1 N–H and O–H groups in total. The molecule has 1 saturated heterocycles. The summed E-state index contributed by atoms with van der Waals surface area (Å²) in [5, 5.41) is 0. The van der Waals surface area contributed by atoms with Crippen LogP contribution in [0.1, 0.15) is 30.3 Å². The molecule has 1 aliphatic rings. The van der Waals surface area contributed by atoms with Gasteiger partial charge in [-0.3, -0.25) is 9.59 Å². The molecular weight excluding hydrogens is 308 g/mol. The normalized spacial score (nSPS) is 18.6. The van der Waals surface area contributed by atoms with Crippen molar-refractivity contribution in [3.05, 3.63) is 14.5 Å². The van der Waals surface area contributed by atoms with Crippen LogP contribution in [0.2, 0.25) is 0 Å². The lowest BCUT2D eigenvalue weighted by Crippen LogP contribution is -2.43. The number of carbonyl (C=O) groups excluding carboxylic acids is 2.